The first-order valence-corrected chi connectivity index (χ1v) is 12.2. The quantitative estimate of drug-likeness (QED) is 0.718. The molecule has 7 heteroatoms. The van der Waals surface area contributed by atoms with Crippen molar-refractivity contribution in [2.24, 2.45) is 0 Å². The molecule has 1 heterocycles. The van der Waals surface area contributed by atoms with Crippen LogP contribution in [0.2, 0.25) is 0 Å². The number of nitrogens with one attached hydrogen (secondary N) is 1. The normalized spacial score (nSPS) is 20.7. The van der Waals surface area contributed by atoms with E-state index in [2.05, 4.69) is 27.5 Å². The number of rotatable bonds is 8. The maximum Gasteiger partial charge on any atom is 0.279 e. The molecular weight excluding hydrogens is 372 g/mol. The number of piperazine rings is 1. The Hall–Kier alpha value is -0.990. The summed E-state index contributed by atoms with van der Waals surface area (Å²) in [5, 5.41) is 0. The molecule has 1 N–H and O–H groups in total. The highest BCUT2D eigenvalue weighted by Crippen LogP contribution is 2.23. The van der Waals surface area contributed by atoms with Crippen molar-refractivity contribution in [3.05, 3.63) is 35.4 Å². The van der Waals surface area contributed by atoms with Crippen LogP contribution >= 0.6 is 0 Å². The SMILES string of the molecule is CCN1CCN(Cc2ccccc2CNS(=O)(=O)N(C)C2CCCCC2)CC1. The zero-order valence-corrected chi connectivity index (χ0v) is 18.3. The van der Waals surface area contributed by atoms with Gasteiger partial charge in [0, 0.05) is 52.4 Å². The highest BCUT2D eigenvalue weighted by Gasteiger charge is 2.27. The van der Waals surface area contributed by atoms with Gasteiger partial charge in [-0.15, -0.1) is 0 Å². The van der Waals surface area contributed by atoms with E-state index in [1.165, 1.54) is 12.0 Å². The lowest BCUT2D eigenvalue weighted by Gasteiger charge is -2.34. The second-order valence-electron chi connectivity index (χ2n) is 8.11. The first-order valence-electron chi connectivity index (χ1n) is 10.7. The molecule has 28 heavy (non-hydrogen) atoms. The molecule has 158 valence electrons. The Labute approximate surface area is 171 Å². The molecule has 0 bridgehead atoms. The number of likely N-dealkylation sites (N-methyl/N-ethyl adjacent to an activating group) is 1. The van der Waals surface area contributed by atoms with Crippen LogP contribution in [0.15, 0.2) is 24.3 Å². The van der Waals surface area contributed by atoms with Crippen LogP contribution in [0.3, 0.4) is 0 Å². The summed E-state index contributed by atoms with van der Waals surface area (Å²) < 4.78 is 29.9. The van der Waals surface area contributed by atoms with Crippen LogP contribution in [0.5, 0.6) is 0 Å². The van der Waals surface area contributed by atoms with Gasteiger partial charge in [0.2, 0.25) is 0 Å². The minimum Gasteiger partial charge on any atom is -0.301 e. The fraction of sp³-hybridized carbons (Fsp3) is 0.714. The van der Waals surface area contributed by atoms with Gasteiger partial charge in [-0.05, 0) is 30.5 Å². The monoisotopic (exact) mass is 408 g/mol. The third kappa shape index (κ3) is 5.76. The summed E-state index contributed by atoms with van der Waals surface area (Å²) in [5.74, 6) is 0. The molecule has 3 rings (SSSR count). The summed E-state index contributed by atoms with van der Waals surface area (Å²) in [6.07, 6.45) is 5.41. The van der Waals surface area contributed by atoms with Crippen LogP contribution in [0.25, 0.3) is 0 Å². The predicted octanol–water partition coefficient (Wildman–Crippen LogP) is 2.42. The zero-order chi connectivity index (χ0) is 20.0. The predicted molar refractivity (Wildman–Crippen MR) is 114 cm³/mol. The highest BCUT2D eigenvalue weighted by atomic mass is 32.2. The van der Waals surface area contributed by atoms with Crippen molar-refractivity contribution < 1.29 is 8.42 Å². The van der Waals surface area contributed by atoms with Crippen LogP contribution in [-0.4, -0.2) is 68.3 Å². The maximum absolute atomic E-state index is 12.8. The van der Waals surface area contributed by atoms with Crippen molar-refractivity contribution in [1.29, 1.82) is 0 Å². The Morgan fingerprint density at radius 1 is 1.00 bits per heavy atom. The standard InChI is InChI=1S/C21H36N4O2S/c1-3-24-13-15-25(16-14-24)18-20-10-8-7-9-19(20)17-22-28(26,27)23(2)21-11-5-4-6-12-21/h7-10,21-22H,3-6,11-18H2,1-2H3. The fourth-order valence-corrected chi connectivity index (χ4v) is 5.45. The molecule has 2 fully saturated rings. The topological polar surface area (TPSA) is 55.9 Å². The van der Waals surface area contributed by atoms with E-state index in [0.717, 1.165) is 70.5 Å². The molecule has 1 aliphatic carbocycles. The van der Waals surface area contributed by atoms with E-state index in [9.17, 15) is 8.42 Å². The lowest BCUT2D eigenvalue weighted by Crippen LogP contribution is -2.46. The Morgan fingerprint density at radius 2 is 1.61 bits per heavy atom. The Kier molecular flexibility index (Phi) is 7.88. The van der Waals surface area contributed by atoms with E-state index in [-0.39, 0.29) is 6.04 Å². The van der Waals surface area contributed by atoms with E-state index in [4.69, 9.17) is 0 Å². The molecule has 0 radical (unpaired) electrons. The van der Waals surface area contributed by atoms with Gasteiger partial charge < -0.3 is 4.90 Å². The molecule has 0 atom stereocenters. The average molecular weight is 409 g/mol. The molecular formula is C21H36N4O2S. The van der Waals surface area contributed by atoms with Crippen molar-refractivity contribution in [2.45, 2.75) is 58.2 Å². The van der Waals surface area contributed by atoms with Crippen LogP contribution in [0.4, 0.5) is 0 Å². The molecule has 1 saturated heterocycles. The maximum atomic E-state index is 12.8. The Bertz CT molecular complexity index is 711. The van der Waals surface area contributed by atoms with E-state index >= 15 is 0 Å². The average Bonchev–Trinajstić information content (AvgIpc) is 2.74. The van der Waals surface area contributed by atoms with Gasteiger partial charge in [0.25, 0.3) is 10.2 Å². The summed E-state index contributed by atoms with van der Waals surface area (Å²) in [4.78, 5) is 4.94. The molecule has 1 saturated carbocycles. The van der Waals surface area contributed by atoms with Gasteiger partial charge >= 0.3 is 0 Å². The van der Waals surface area contributed by atoms with Crippen molar-refractivity contribution in [3.8, 4) is 0 Å². The second-order valence-corrected chi connectivity index (χ2v) is 9.93. The summed E-state index contributed by atoms with van der Waals surface area (Å²) in [6, 6.07) is 8.34. The third-order valence-electron chi connectivity index (χ3n) is 6.34. The first kappa shape index (κ1) is 21.7. The molecule has 0 unspecified atom stereocenters. The fourth-order valence-electron chi connectivity index (χ4n) is 4.30. The molecule has 1 aromatic rings. The number of benzene rings is 1. The summed E-state index contributed by atoms with van der Waals surface area (Å²) in [6.45, 7) is 8.91. The lowest BCUT2D eigenvalue weighted by atomic mass is 9.96. The van der Waals surface area contributed by atoms with Gasteiger partial charge in [0.1, 0.15) is 0 Å². The summed E-state index contributed by atoms with van der Waals surface area (Å²) in [5.41, 5.74) is 2.29. The van der Waals surface area contributed by atoms with Gasteiger partial charge in [-0.2, -0.15) is 17.4 Å². The van der Waals surface area contributed by atoms with Crippen LogP contribution < -0.4 is 4.72 Å². The van der Waals surface area contributed by atoms with Gasteiger partial charge in [-0.25, -0.2) is 0 Å². The van der Waals surface area contributed by atoms with E-state index in [0.29, 0.717) is 6.54 Å². The van der Waals surface area contributed by atoms with Crippen LogP contribution in [0.1, 0.15) is 50.2 Å². The van der Waals surface area contributed by atoms with Gasteiger partial charge in [0.15, 0.2) is 0 Å². The van der Waals surface area contributed by atoms with Gasteiger partial charge in [0.05, 0.1) is 0 Å². The van der Waals surface area contributed by atoms with E-state index < -0.39 is 10.2 Å². The molecule has 2 aliphatic rings. The van der Waals surface area contributed by atoms with E-state index in [1.807, 2.05) is 18.2 Å². The Balaban J connectivity index is 1.58. The number of hydrogen-bond donors (Lipinski definition) is 1. The number of nitrogens with zero attached hydrogens (tertiary/aromatic N) is 3. The molecule has 0 amide bonds. The van der Waals surface area contributed by atoms with Crippen molar-refractivity contribution in [3.63, 3.8) is 0 Å². The zero-order valence-electron chi connectivity index (χ0n) is 17.4. The van der Waals surface area contributed by atoms with Crippen LogP contribution in [0, 0.1) is 0 Å². The first-order chi connectivity index (χ1) is 13.5. The summed E-state index contributed by atoms with van der Waals surface area (Å²) in [7, 11) is -1.74. The smallest absolute Gasteiger partial charge is 0.279 e. The van der Waals surface area contributed by atoms with Crippen molar-refractivity contribution in [2.75, 3.05) is 39.8 Å². The third-order valence-corrected chi connectivity index (χ3v) is 7.90. The minimum atomic E-state index is -3.46. The highest BCUT2D eigenvalue weighted by molar-refractivity contribution is 7.87. The lowest BCUT2D eigenvalue weighted by molar-refractivity contribution is 0.131. The van der Waals surface area contributed by atoms with Crippen LogP contribution in [-0.2, 0) is 23.3 Å². The Morgan fingerprint density at radius 3 is 2.25 bits per heavy atom. The molecule has 1 aliphatic heterocycles. The minimum absolute atomic E-state index is 0.136. The largest absolute Gasteiger partial charge is 0.301 e. The summed E-state index contributed by atoms with van der Waals surface area (Å²) >= 11 is 0. The molecule has 6 nitrogen and oxygen atoms in total. The van der Waals surface area contributed by atoms with Gasteiger partial charge in [-0.1, -0.05) is 50.5 Å². The number of hydrogen-bond acceptors (Lipinski definition) is 4. The van der Waals surface area contributed by atoms with E-state index in [1.54, 1.807) is 11.4 Å². The van der Waals surface area contributed by atoms with Crippen molar-refractivity contribution >= 4 is 10.2 Å². The van der Waals surface area contributed by atoms with Crippen molar-refractivity contribution in [1.82, 2.24) is 18.8 Å². The second kappa shape index (κ2) is 10.2. The molecule has 0 spiro atoms. The molecule has 1 aromatic carbocycles. The van der Waals surface area contributed by atoms with Gasteiger partial charge in [-0.3, -0.25) is 4.90 Å². The molecule has 0 aromatic heterocycles.